The maximum absolute atomic E-state index is 4.39. The maximum Gasteiger partial charge on any atom is 0.153 e. The lowest BCUT2D eigenvalue weighted by Gasteiger charge is -2.14. The van der Waals surface area contributed by atoms with Gasteiger partial charge in [-0.05, 0) is 31.5 Å². The summed E-state index contributed by atoms with van der Waals surface area (Å²) in [6.45, 7) is 4.42. The summed E-state index contributed by atoms with van der Waals surface area (Å²) in [5.74, 6) is 0.840. The number of pyridine rings is 1. The molecule has 1 atom stereocenters. The third-order valence-corrected chi connectivity index (χ3v) is 2.89. The highest BCUT2D eigenvalue weighted by Gasteiger charge is 2.02. The lowest BCUT2D eigenvalue weighted by atomic mass is 10.1. The van der Waals surface area contributed by atoms with Crippen LogP contribution in [-0.4, -0.2) is 20.8 Å². The second kappa shape index (κ2) is 6.19. The number of unbranched alkanes of at least 4 members (excludes halogenated alkanes) is 1. The molecule has 2 aromatic heterocycles. The largest absolute Gasteiger partial charge is 0.381 e. The van der Waals surface area contributed by atoms with Crippen LogP contribution in [0.4, 0.5) is 5.69 Å². The average Bonchev–Trinajstić information content (AvgIpc) is 2.91. The van der Waals surface area contributed by atoms with Gasteiger partial charge in [-0.15, -0.1) is 0 Å². The summed E-state index contributed by atoms with van der Waals surface area (Å²) in [6, 6.07) is 6.40. The van der Waals surface area contributed by atoms with Crippen molar-refractivity contribution >= 4 is 5.69 Å². The maximum atomic E-state index is 4.39. The van der Waals surface area contributed by atoms with Crippen LogP contribution in [0.15, 0.2) is 36.8 Å². The molecular weight excluding hydrogens is 224 g/mol. The average molecular weight is 244 g/mol. The van der Waals surface area contributed by atoms with Gasteiger partial charge in [0.15, 0.2) is 5.82 Å². The zero-order valence-electron chi connectivity index (χ0n) is 11.0. The quantitative estimate of drug-likeness (QED) is 0.848. The summed E-state index contributed by atoms with van der Waals surface area (Å²) in [5, 5.41) is 7.61. The molecule has 0 aliphatic carbocycles. The number of nitrogens with zero attached hydrogens (tertiary/aromatic N) is 3. The van der Waals surface area contributed by atoms with Crippen LogP contribution >= 0.6 is 0 Å². The SMILES string of the molecule is CCCCC(C)Nc1ccc(-n2cccn2)nc1. The molecule has 0 bridgehead atoms. The molecule has 4 heteroatoms. The van der Waals surface area contributed by atoms with Gasteiger partial charge in [0.1, 0.15) is 0 Å². The fourth-order valence-electron chi connectivity index (χ4n) is 1.88. The van der Waals surface area contributed by atoms with Crippen LogP contribution < -0.4 is 5.32 Å². The normalized spacial score (nSPS) is 12.3. The van der Waals surface area contributed by atoms with E-state index >= 15 is 0 Å². The topological polar surface area (TPSA) is 42.7 Å². The first-order valence-corrected chi connectivity index (χ1v) is 6.52. The molecule has 96 valence electrons. The first kappa shape index (κ1) is 12.6. The fraction of sp³-hybridized carbons (Fsp3) is 0.429. The Balaban J connectivity index is 1.95. The molecule has 2 aromatic rings. The number of hydrogen-bond acceptors (Lipinski definition) is 3. The number of hydrogen-bond donors (Lipinski definition) is 1. The molecule has 0 saturated carbocycles. The Hall–Kier alpha value is -1.84. The Morgan fingerprint density at radius 1 is 1.39 bits per heavy atom. The van der Waals surface area contributed by atoms with Gasteiger partial charge in [-0.2, -0.15) is 5.10 Å². The van der Waals surface area contributed by atoms with E-state index in [1.54, 1.807) is 10.9 Å². The molecule has 0 amide bonds. The zero-order chi connectivity index (χ0) is 12.8. The minimum absolute atomic E-state index is 0.488. The molecule has 0 fully saturated rings. The number of aromatic nitrogens is 3. The molecule has 2 heterocycles. The van der Waals surface area contributed by atoms with Gasteiger partial charge in [0.25, 0.3) is 0 Å². The van der Waals surface area contributed by atoms with E-state index in [-0.39, 0.29) is 0 Å². The third-order valence-electron chi connectivity index (χ3n) is 2.89. The van der Waals surface area contributed by atoms with Gasteiger partial charge in [-0.25, -0.2) is 9.67 Å². The van der Waals surface area contributed by atoms with Crippen molar-refractivity contribution in [1.29, 1.82) is 0 Å². The highest BCUT2D eigenvalue weighted by atomic mass is 15.3. The Morgan fingerprint density at radius 2 is 2.28 bits per heavy atom. The van der Waals surface area contributed by atoms with Crippen molar-refractivity contribution in [2.45, 2.75) is 39.2 Å². The molecule has 18 heavy (non-hydrogen) atoms. The Kier molecular flexibility index (Phi) is 4.34. The van der Waals surface area contributed by atoms with E-state index < -0.39 is 0 Å². The van der Waals surface area contributed by atoms with Crippen molar-refractivity contribution in [2.24, 2.45) is 0 Å². The minimum atomic E-state index is 0.488. The highest BCUT2D eigenvalue weighted by molar-refractivity contribution is 5.44. The fourth-order valence-corrected chi connectivity index (χ4v) is 1.88. The van der Waals surface area contributed by atoms with Crippen LogP contribution in [-0.2, 0) is 0 Å². The van der Waals surface area contributed by atoms with E-state index in [1.807, 2.05) is 30.6 Å². The molecule has 2 rings (SSSR count). The number of rotatable bonds is 6. The Bertz CT molecular complexity index is 447. The monoisotopic (exact) mass is 244 g/mol. The first-order valence-electron chi connectivity index (χ1n) is 6.52. The molecular formula is C14H20N4. The lowest BCUT2D eigenvalue weighted by Crippen LogP contribution is -2.15. The molecule has 0 aliphatic rings. The van der Waals surface area contributed by atoms with E-state index in [9.17, 15) is 0 Å². The van der Waals surface area contributed by atoms with E-state index in [1.165, 1.54) is 19.3 Å². The van der Waals surface area contributed by atoms with Crippen LogP contribution in [0.2, 0.25) is 0 Å². The number of nitrogens with one attached hydrogen (secondary N) is 1. The van der Waals surface area contributed by atoms with Gasteiger partial charge in [0.05, 0.1) is 11.9 Å². The summed E-state index contributed by atoms with van der Waals surface area (Å²) < 4.78 is 1.75. The summed E-state index contributed by atoms with van der Waals surface area (Å²) in [5.41, 5.74) is 1.06. The summed E-state index contributed by atoms with van der Waals surface area (Å²) in [6.07, 6.45) is 9.19. The van der Waals surface area contributed by atoms with Crippen molar-refractivity contribution in [2.75, 3.05) is 5.32 Å². The van der Waals surface area contributed by atoms with Gasteiger partial charge in [-0.3, -0.25) is 0 Å². The van der Waals surface area contributed by atoms with Crippen molar-refractivity contribution < 1.29 is 0 Å². The van der Waals surface area contributed by atoms with Crippen LogP contribution in [0.3, 0.4) is 0 Å². The summed E-state index contributed by atoms with van der Waals surface area (Å²) >= 11 is 0. The molecule has 0 aromatic carbocycles. The van der Waals surface area contributed by atoms with E-state index in [4.69, 9.17) is 0 Å². The third kappa shape index (κ3) is 3.32. The zero-order valence-corrected chi connectivity index (χ0v) is 11.0. The summed E-state index contributed by atoms with van der Waals surface area (Å²) in [4.78, 5) is 4.39. The van der Waals surface area contributed by atoms with Gasteiger partial charge in [-0.1, -0.05) is 19.8 Å². The number of anilines is 1. The molecule has 4 nitrogen and oxygen atoms in total. The molecule has 0 saturated heterocycles. The van der Waals surface area contributed by atoms with Gasteiger partial charge < -0.3 is 5.32 Å². The van der Waals surface area contributed by atoms with Crippen LogP contribution in [0.25, 0.3) is 5.82 Å². The summed E-state index contributed by atoms with van der Waals surface area (Å²) in [7, 11) is 0. The second-order valence-electron chi connectivity index (χ2n) is 4.54. The van der Waals surface area contributed by atoms with Crippen LogP contribution in [0, 0.1) is 0 Å². The van der Waals surface area contributed by atoms with E-state index in [0.29, 0.717) is 6.04 Å². The molecule has 1 N–H and O–H groups in total. The first-order chi connectivity index (χ1) is 8.79. The second-order valence-corrected chi connectivity index (χ2v) is 4.54. The molecule has 0 spiro atoms. The highest BCUT2D eigenvalue weighted by Crippen LogP contribution is 2.12. The van der Waals surface area contributed by atoms with Gasteiger partial charge in [0, 0.05) is 18.4 Å². The Labute approximate surface area is 108 Å². The molecule has 0 aliphatic heterocycles. The molecule has 0 radical (unpaired) electrons. The van der Waals surface area contributed by atoms with Crippen molar-refractivity contribution in [3.63, 3.8) is 0 Å². The smallest absolute Gasteiger partial charge is 0.153 e. The van der Waals surface area contributed by atoms with Crippen molar-refractivity contribution in [1.82, 2.24) is 14.8 Å². The van der Waals surface area contributed by atoms with Gasteiger partial charge >= 0.3 is 0 Å². The molecule has 1 unspecified atom stereocenters. The Morgan fingerprint density at radius 3 is 2.89 bits per heavy atom. The van der Waals surface area contributed by atoms with E-state index in [0.717, 1.165) is 11.5 Å². The lowest BCUT2D eigenvalue weighted by molar-refractivity contribution is 0.645. The minimum Gasteiger partial charge on any atom is -0.381 e. The van der Waals surface area contributed by atoms with Crippen molar-refractivity contribution in [3.05, 3.63) is 36.8 Å². The van der Waals surface area contributed by atoms with Gasteiger partial charge in [0.2, 0.25) is 0 Å². The predicted octanol–water partition coefficient (Wildman–Crippen LogP) is 3.26. The van der Waals surface area contributed by atoms with Crippen LogP contribution in [0.5, 0.6) is 0 Å². The van der Waals surface area contributed by atoms with E-state index in [2.05, 4.69) is 29.2 Å². The predicted molar refractivity (Wildman–Crippen MR) is 74.0 cm³/mol. The standard InChI is InChI=1S/C14H20N4/c1-3-4-6-12(2)17-13-7-8-14(15-11-13)18-10-5-9-16-18/h5,7-12,17H,3-4,6H2,1-2H3. The van der Waals surface area contributed by atoms with Crippen molar-refractivity contribution in [3.8, 4) is 5.82 Å². The van der Waals surface area contributed by atoms with Crippen LogP contribution in [0.1, 0.15) is 33.1 Å².